The van der Waals surface area contributed by atoms with Crippen molar-refractivity contribution in [3.63, 3.8) is 0 Å². The highest BCUT2D eigenvalue weighted by molar-refractivity contribution is 5.22. The van der Waals surface area contributed by atoms with E-state index in [2.05, 4.69) is 101 Å². The molecule has 6 heterocycles. The third-order valence-corrected chi connectivity index (χ3v) is 3.98. The average Bonchev–Trinajstić information content (AvgIpc) is 2.85. The highest BCUT2D eigenvalue weighted by atomic mass is 15.3. The van der Waals surface area contributed by atoms with Gasteiger partial charge in [0.05, 0.1) is 0 Å². The number of rotatable bonds is 0. The van der Waals surface area contributed by atoms with Crippen LogP contribution in [0.5, 0.6) is 0 Å². The predicted octanol–water partition coefficient (Wildman–Crippen LogP) is -7.51. The standard InChI is InChI=1S/C15H10N20/c1-16-6-26-7(17-1)32-9-19-3-21-11(28-9)34-13-23-5-25-15(30-13)35-14-24-4-22-12(29-14)33-10-20-2-18-8(27-10)31-6/h1-5,31-35H/q+5. The Bertz CT molecular complexity index is 1160. The predicted molar refractivity (Wildman–Crippen MR) is 101 cm³/mol. The molecular formula is C15H10N20+5. The molecule has 35 heavy (non-hydrogen) atoms. The van der Waals surface area contributed by atoms with Gasteiger partial charge in [-0.05, 0) is 26.6 Å². The molecular weight excluding hydrogens is 460 g/mol. The maximum atomic E-state index is 4.25. The van der Waals surface area contributed by atoms with Gasteiger partial charge in [0.1, 0.15) is 31.6 Å². The largest absolute Gasteiger partial charge is 0.393 e. The Morgan fingerprint density at radius 2 is 0.400 bits per heavy atom. The van der Waals surface area contributed by atoms with Crippen LogP contribution in [0.2, 0.25) is 0 Å². The molecule has 1 aliphatic rings. The van der Waals surface area contributed by atoms with E-state index in [1.807, 2.05) is 0 Å². The third kappa shape index (κ3) is 4.95. The number of nitrogens with one attached hydrogen (secondary N) is 5. The molecule has 165 valence electrons. The first-order chi connectivity index (χ1) is 17.2. The lowest BCUT2D eigenvalue weighted by atomic mass is 10.7. The molecule has 20 nitrogen and oxygen atoms in total. The number of fused-ring (bicyclic) bond motifs is 10. The van der Waals surface area contributed by atoms with E-state index in [0.717, 1.165) is 0 Å². The van der Waals surface area contributed by atoms with Gasteiger partial charge in [0.2, 0.25) is 0 Å². The minimum atomic E-state index is 0.158. The van der Waals surface area contributed by atoms with Crippen molar-refractivity contribution >= 4 is 59.5 Å². The van der Waals surface area contributed by atoms with Crippen molar-refractivity contribution in [1.82, 2.24) is 74.8 Å². The Hall–Kier alpha value is -5.15. The van der Waals surface area contributed by atoms with Gasteiger partial charge in [0.25, 0.3) is 0 Å². The van der Waals surface area contributed by atoms with Crippen LogP contribution in [-0.2, 0) is 0 Å². The van der Waals surface area contributed by atoms with Crippen molar-refractivity contribution in [3.05, 3.63) is 31.6 Å². The summed E-state index contributed by atoms with van der Waals surface area (Å²) in [5, 5.41) is 14.3. The van der Waals surface area contributed by atoms with Crippen LogP contribution in [-0.4, -0.2) is 74.8 Å². The minimum absolute atomic E-state index is 0.158. The lowest BCUT2D eigenvalue weighted by molar-refractivity contribution is -0.521. The molecule has 1 aliphatic heterocycles. The van der Waals surface area contributed by atoms with Crippen LogP contribution in [0.25, 0.3) is 0 Å². The normalized spacial score (nSPS) is 13.1. The van der Waals surface area contributed by atoms with E-state index in [1.54, 1.807) is 0 Å². The monoisotopic (exact) mass is 470 g/mol. The molecule has 0 saturated heterocycles. The van der Waals surface area contributed by atoms with Gasteiger partial charge in [-0.1, -0.05) is 24.9 Å². The van der Waals surface area contributed by atoms with Crippen LogP contribution in [0.3, 0.4) is 0 Å². The average molecular weight is 470 g/mol. The van der Waals surface area contributed by atoms with Gasteiger partial charge in [-0.3, -0.25) is 0 Å². The second-order valence-electron chi connectivity index (χ2n) is 6.29. The Kier molecular flexibility index (Phi) is 5.26. The molecule has 0 aliphatic carbocycles. The van der Waals surface area contributed by atoms with E-state index < -0.39 is 0 Å². The molecule has 5 aromatic heterocycles. The number of hydrogen-bond donors (Lipinski definition) is 5. The van der Waals surface area contributed by atoms with Crippen molar-refractivity contribution in [2.45, 2.75) is 0 Å². The molecule has 0 saturated carbocycles. The van der Waals surface area contributed by atoms with Gasteiger partial charge in [-0.15, -0.1) is 0 Å². The highest BCUT2D eigenvalue weighted by Crippen LogP contribution is 2.00. The van der Waals surface area contributed by atoms with Gasteiger partial charge in [0, 0.05) is 0 Å². The number of anilines is 10. The zero-order chi connectivity index (χ0) is 23.5. The molecule has 0 fully saturated rings. The molecule has 5 aromatic rings. The first kappa shape index (κ1) is 20.5. The summed E-state index contributed by atoms with van der Waals surface area (Å²) in [5.41, 5.74) is 0. The quantitative estimate of drug-likeness (QED) is 0.138. The molecule has 6 rings (SSSR count). The zero-order valence-corrected chi connectivity index (χ0v) is 17.1. The van der Waals surface area contributed by atoms with Crippen LogP contribution in [0.1, 0.15) is 0 Å². The van der Waals surface area contributed by atoms with Gasteiger partial charge in [-0.2, -0.15) is 49.8 Å². The fourth-order valence-electron chi connectivity index (χ4n) is 2.58. The maximum Gasteiger partial charge on any atom is 0.393 e. The van der Waals surface area contributed by atoms with E-state index >= 15 is 0 Å². The summed E-state index contributed by atoms with van der Waals surface area (Å²) >= 11 is 0. The Labute approximate surface area is 193 Å². The molecule has 0 atom stereocenters. The summed E-state index contributed by atoms with van der Waals surface area (Å²) in [4.78, 5) is 61.8. The highest BCUT2D eigenvalue weighted by Gasteiger charge is 2.26. The third-order valence-electron chi connectivity index (χ3n) is 3.98. The van der Waals surface area contributed by atoms with Crippen LogP contribution >= 0.6 is 0 Å². The van der Waals surface area contributed by atoms with E-state index in [-0.39, 0.29) is 59.5 Å². The topological polar surface area (TPSA) is 271 Å². The molecule has 0 amide bonds. The first-order valence-electron chi connectivity index (χ1n) is 9.55. The Balaban J connectivity index is 1.41. The Morgan fingerprint density at radius 3 is 0.543 bits per heavy atom. The van der Waals surface area contributed by atoms with Crippen molar-refractivity contribution in [1.29, 1.82) is 0 Å². The summed E-state index contributed by atoms with van der Waals surface area (Å²) in [7, 11) is 0. The smallest absolute Gasteiger partial charge is 0.161 e. The van der Waals surface area contributed by atoms with Crippen LogP contribution < -0.4 is 26.6 Å². The van der Waals surface area contributed by atoms with Gasteiger partial charge in [-0.25, -0.2) is 0 Å². The van der Waals surface area contributed by atoms with Crippen molar-refractivity contribution in [2.24, 2.45) is 0 Å². The molecule has 5 N–H and O–H groups in total. The van der Waals surface area contributed by atoms with E-state index in [9.17, 15) is 0 Å². The van der Waals surface area contributed by atoms with Gasteiger partial charge in [0.15, 0.2) is 0 Å². The lowest BCUT2D eigenvalue weighted by Crippen LogP contribution is -2.79. The maximum absolute atomic E-state index is 4.25. The van der Waals surface area contributed by atoms with Gasteiger partial charge >= 0.3 is 59.5 Å². The van der Waals surface area contributed by atoms with E-state index in [0.29, 0.717) is 0 Å². The Morgan fingerprint density at radius 1 is 0.257 bits per heavy atom. The molecule has 0 unspecified atom stereocenters. The summed E-state index contributed by atoms with van der Waals surface area (Å²) in [6, 6.07) is 0. The van der Waals surface area contributed by atoms with Crippen molar-refractivity contribution < 1.29 is 26.6 Å². The van der Waals surface area contributed by atoms with Gasteiger partial charge < -0.3 is 0 Å². The van der Waals surface area contributed by atoms with Crippen LogP contribution in [0.4, 0.5) is 59.5 Å². The van der Waals surface area contributed by atoms with Crippen LogP contribution in [0.15, 0.2) is 31.6 Å². The number of aromatic nitrogens is 15. The fourth-order valence-corrected chi connectivity index (χ4v) is 2.58. The summed E-state index contributed by atoms with van der Waals surface area (Å²) in [5.74, 6) is 1.58. The lowest BCUT2D eigenvalue weighted by Gasteiger charge is -1.95. The summed E-state index contributed by atoms with van der Waals surface area (Å²) in [6.07, 6.45) is 6.44. The van der Waals surface area contributed by atoms with E-state index in [4.69, 9.17) is 0 Å². The SMILES string of the molecule is c1nc2nc(n1)[NH+]c1ncnc(n1)[NH+]c1ncnc(n1)[NH+]c1ncnc(n1)[NH+]c1ncnc(n1)[NH+]2. The second kappa shape index (κ2) is 9.00. The molecule has 0 spiro atoms. The number of nitrogens with zero attached hydrogens (tertiary/aromatic N) is 15. The van der Waals surface area contributed by atoms with Crippen LogP contribution in [0, 0.1) is 0 Å². The second-order valence-corrected chi connectivity index (χ2v) is 6.29. The molecule has 5 radical (unpaired) electrons. The van der Waals surface area contributed by atoms with Crippen molar-refractivity contribution in [3.8, 4) is 0 Å². The molecule has 20 heteroatoms. The molecule has 0 aromatic carbocycles. The molecule has 10 bridgehead atoms. The zero-order valence-electron chi connectivity index (χ0n) is 17.1. The fraction of sp³-hybridized carbons (Fsp3) is 0. The summed E-state index contributed by atoms with van der Waals surface area (Å²) in [6.45, 7) is 0. The first-order valence-corrected chi connectivity index (χ1v) is 9.55. The minimum Gasteiger partial charge on any atom is -0.161 e. The van der Waals surface area contributed by atoms with Crippen molar-refractivity contribution in [2.75, 3.05) is 0 Å². The number of hydrogen-bond acceptors (Lipinski definition) is 20. The van der Waals surface area contributed by atoms with E-state index in [1.165, 1.54) is 31.6 Å². The summed E-state index contributed by atoms with van der Waals surface area (Å²) < 4.78 is 0.